The third-order valence-corrected chi connectivity index (χ3v) is 3.94. The molecule has 3 N–H and O–H groups in total. The first-order valence-electron chi connectivity index (χ1n) is 9.45. The van der Waals surface area contributed by atoms with E-state index in [0.29, 0.717) is 6.42 Å². The molecule has 0 spiro atoms. The van der Waals surface area contributed by atoms with E-state index in [9.17, 15) is 14.4 Å². The predicted molar refractivity (Wildman–Crippen MR) is 102 cm³/mol. The number of hydrogen-bond donors (Lipinski definition) is 2. The molecule has 1 aromatic rings. The summed E-state index contributed by atoms with van der Waals surface area (Å²) in [6.45, 7) is 2.53. The number of unbranched alkanes of at least 4 members (excludes halogenated alkanes) is 4. The van der Waals surface area contributed by atoms with Gasteiger partial charge in [0.25, 0.3) is 0 Å². The lowest BCUT2D eigenvalue weighted by Crippen LogP contribution is -2.44. The molecule has 7 heteroatoms. The topological polar surface area (TPSA) is 108 Å². The minimum Gasteiger partial charge on any atom is -0.464 e. The number of amides is 2. The summed E-state index contributed by atoms with van der Waals surface area (Å²) in [5, 5.41) is 2.36. The number of rotatable bonds is 13. The SMILES string of the molecule is CCCCCCCOC(=O)[C@H](CC(N)=O)NC(=O)OCCc1ccccc1. The fourth-order valence-electron chi connectivity index (χ4n) is 2.46. The molecule has 27 heavy (non-hydrogen) atoms. The van der Waals surface area contributed by atoms with Gasteiger partial charge >= 0.3 is 12.1 Å². The van der Waals surface area contributed by atoms with Gasteiger partial charge in [-0.2, -0.15) is 0 Å². The summed E-state index contributed by atoms with van der Waals surface area (Å²) in [5.41, 5.74) is 6.18. The number of carbonyl (C=O) groups excluding carboxylic acids is 3. The van der Waals surface area contributed by atoms with Gasteiger partial charge in [-0.1, -0.05) is 62.9 Å². The van der Waals surface area contributed by atoms with Gasteiger partial charge in [0.15, 0.2) is 0 Å². The summed E-state index contributed by atoms with van der Waals surface area (Å²) in [6.07, 6.45) is 4.53. The maximum Gasteiger partial charge on any atom is 0.407 e. The van der Waals surface area contributed by atoms with Crippen LogP contribution in [0.25, 0.3) is 0 Å². The molecule has 0 radical (unpaired) electrons. The Morgan fingerprint density at radius 3 is 2.37 bits per heavy atom. The lowest BCUT2D eigenvalue weighted by molar-refractivity contribution is -0.147. The van der Waals surface area contributed by atoms with Crippen molar-refractivity contribution in [1.29, 1.82) is 0 Å². The van der Waals surface area contributed by atoms with E-state index in [1.807, 2.05) is 30.3 Å². The van der Waals surface area contributed by atoms with Crippen molar-refractivity contribution in [3.63, 3.8) is 0 Å². The maximum absolute atomic E-state index is 12.1. The highest BCUT2D eigenvalue weighted by atomic mass is 16.6. The quantitative estimate of drug-likeness (QED) is 0.405. The van der Waals surface area contributed by atoms with Gasteiger partial charge in [-0.15, -0.1) is 0 Å². The third kappa shape index (κ3) is 10.9. The highest BCUT2D eigenvalue weighted by Crippen LogP contribution is 2.04. The van der Waals surface area contributed by atoms with Gasteiger partial charge in [-0.3, -0.25) is 4.79 Å². The van der Waals surface area contributed by atoms with E-state index in [1.165, 1.54) is 0 Å². The number of nitrogens with one attached hydrogen (secondary N) is 1. The van der Waals surface area contributed by atoms with Crippen LogP contribution in [-0.4, -0.2) is 37.2 Å². The Morgan fingerprint density at radius 2 is 1.70 bits per heavy atom. The van der Waals surface area contributed by atoms with Gasteiger partial charge in [-0.25, -0.2) is 9.59 Å². The zero-order chi connectivity index (χ0) is 19.9. The highest BCUT2D eigenvalue weighted by Gasteiger charge is 2.25. The molecule has 0 heterocycles. The standard InChI is InChI=1S/C20H30N2O5/c1-2-3-4-5-9-13-26-19(24)17(15-18(21)23)22-20(25)27-14-12-16-10-7-6-8-11-16/h6-8,10-11,17H,2-5,9,12-15H2,1H3,(H2,21,23)(H,22,25)/t17-/m0/s1. The number of benzene rings is 1. The monoisotopic (exact) mass is 378 g/mol. The zero-order valence-corrected chi connectivity index (χ0v) is 15.9. The highest BCUT2D eigenvalue weighted by molar-refractivity contribution is 5.87. The van der Waals surface area contributed by atoms with Gasteiger partial charge < -0.3 is 20.5 Å². The Labute approximate surface area is 160 Å². The second-order valence-electron chi connectivity index (χ2n) is 6.32. The molecule has 0 bridgehead atoms. The van der Waals surface area contributed by atoms with Crippen molar-refractivity contribution in [3.8, 4) is 0 Å². The summed E-state index contributed by atoms with van der Waals surface area (Å²) in [4.78, 5) is 35.1. The lowest BCUT2D eigenvalue weighted by atomic mass is 10.1. The molecule has 1 atom stereocenters. The van der Waals surface area contributed by atoms with Crippen LogP contribution in [0.15, 0.2) is 30.3 Å². The van der Waals surface area contributed by atoms with Crippen LogP contribution in [0.2, 0.25) is 0 Å². The Kier molecular flexibility index (Phi) is 11.3. The zero-order valence-electron chi connectivity index (χ0n) is 15.9. The molecule has 2 amide bonds. The summed E-state index contributed by atoms with van der Waals surface area (Å²) >= 11 is 0. The summed E-state index contributed by atoms with van der Waals surface area (Å²) < 4.78 is 10.2. The second kappa shape index (κ2) is 13.6. The molecule has 0 saturated carbocycles. The Bertz CT molecular complexity index is 577. The first kappa shape index (κ1) is 22.5. The van der Waals surface area contributed by atoms with Crippen molar-refractivity contribution >= 4 is 18.0 Å². The molecule has 0 aliphatic rings. The van der Waals surface area contributed by atoms with Crippen LogP contribution in [0.5, 0.6) is 0 Å². The first-order valence-corrected chi connectivity index (χ1v) is 9.45. The van der Waals surface area contributed by atoms with Crippen LogP contribution in [0.1, 0.15) is 51.0 Å². The number of hydrogen-bond acceptors (Lipinski definition) is 5. The van der Waals surface area contributed by atoms with Crippen molar-refractivity contribution in [3.05, 3.63) is 35.9 Å². The van der Waals surface area contributed by atoms with Gasteiger partial charge in [0, 0.05) is 6.42 Å². The molecule has 0 saturated heterocycles. The molecular weight excluding hydrogens is 348 g/mol. The molecule has 0 fully saturated rings. The van der Waals surface area contributed by atoms with E-state index in [4.69, 9.17) is 15.2 Å². The van der Waals surface area contributed by atoms with Crippen LogP contribution in [-0.2, 0) is 25.5 Å². The Hall–Kier alpha value is -2.57. The van der Waals surface area contributed by atoms with Gasteiger partial charge in [0.05, 0.1) is 19.6 Å². The third-order valence-electron chi connectivity index (χ3n) is 3.94. The number of carbonyl (C=O) groups is 3. The molecular formula is C20H30N2O5. The van der Waals surface area contributed by atoms with E-state index in [1.54, 1.807) is 0 Å². The largest absolute Gasteiger partial charge is 0.464 e. The van der Waals surface area contributed by atoms with Crippen LogP contribution in [0.4, 0.5) is 4.79 Å². The van der Waals surface area contributed by atoms with E-state index < -0.39 is 24.0 Å². The fraction of sp³-hybridized carbons (Fsp3) is 0.550. The summed E-state index contributed by atoms with van der Waals surface area (Å²) in [7, 11) is 0. The van der Waals surface area contributed by atoms with Crippen molar-refractivity contribution < 1.29 is 23.9 Å². The van der Waals surface area contributed by atoms with Crippen LogP contribution in [0, 0.1) is 0 Å². The fourth-order valence-corrected chi connectivity index (χ4v) is 2.46. The van der Waals surface area contributed by atoms with Crippen molar-refractivity contribution in [2.45, 2.75) is 57.9 Å². The van der Waals surface area contributed by atoms with Crippen LogP contribution >= 0.6 is 0 Å². The number of nitrogens with two attached hydrogens (primary N) is 1. The Balaban J connectivity index is 2.35. The smallest absolute Gasteiger partial charge is 0.407 e. The molecule has 1 aromatic carbocycles. The molecule has 7 nitrogen and oxygen atoms in total. The van der Waals surface area contributed by atoms with Crippen molar-refractivity contribution in [2.24, 2.45) is 5.73 Å². The minimum atomic E-state index is -1.14. The summed E-state index contributed by atoms with van der Waals surface area (Å²) in [5.74, 6) is -1.38. The minimum absolute atomic E-state index is 0.158. The van der Waals surface area contributed by atoms with Gasteiger partial charge in [0.1, 0.15) is 6.04 Å². The predicted octanol–water partition coefficient (Wildman–Crippen LogP) is 2.71. The normalized spacial score (nSPS) is 11.4. The first-order chi connectivity index (χ1) is 13.0. The average Bonchev–Trinajstić information content (AvgIpc) is 2.64. The summed E-state index contributed by atoms with van der Waals surface area (Å²) in [6, 6.07) is 8.42. The van der Waals surface area contributed by atoms with E-state index in [0.717, 1.165) is 37.7 Å². The Morgan fingerprint density at radius 1 is 1.00 bits per heavy atom. The molecule has 0 aliphatic heterocycles. The maximum atomic E-state index is 12.1. The number of primary amides is 1. The van der Waals surface area contributed by atoms with Gasteiger partial charge in [0.2, 0.25) is 5.91 Å². The average molecular weight is 378 g/mol. The molecule has 0 unspecified atom stereocenters. The molecule has 1 rings (SSSR count). The van der Waals surface area contributed by atoms with Gasteiger partial charge in [-0.05, 0) is 12.0 Å². The van der Waals surface area contributed by atoms with E-state index >= 15 is 0 Å². The molecule has 0 aliphatic carbocycles. The number of esters is 1. The second-order valence-corrected chi connectivity index (χ2v) is 6.32. The number of ether oxygens (including phenoxy) is 2. The van der Waals surface area contributed by atoms with Crippen molar-refractivity contribution in [2.75, 3.05) is 13.2 Å². The van der Waals surface area contributed by atoms with E-state index in [2.05, 4.69) is 12.2 Å². The molecule has 0 aromatic heterocycles. The van der Waals surface area contributed by atoms with Crippen LogP contribution < -0.4 is 11.1 Å². The van der Waals surface area contributed by atoms with Crippen LogP contribution in [0.3, 0.4) is 0 Å². The molecule has 150 valence electrons. The van der Waals surface area contributed by atoms with E-state index in [-0.39, 0.29) is 19.6 Å². The van der Waals surface area contributed by atoms with Crippen molar-refractivity contribution in [1.82, 2.24) is 5.32 Å². The number of alkyl carbamates (subject to hydrolysis) is 1. The lowest BCUT2D eigenvalue weighted by Gasteiger charge is -2.16.